The van der Waals surface area contributed by atoms with E-state index in [-0.39, 0.29) is 29.7 Å². The van der Waals surface area contributed by atoms with Crippen molar-refractivity contribution in [1.29, 1.82) is 0 Å². The number of nitrogens with zero attached hydrogens (tertiary/aromatic N) is 4. The van der Waals surface area contributed by atoms with Gasteiger partial charge in [-0.15, -0.1) is 0 Å². The molecule has 0 bridgehead atoms. The monoisotopic (exact) mass is 463 g/mol. The molecule has 1 fully saturated rings. The summed E-state index contributed by atoms with van der Waals surface area (Å²) in [6, 6.07) is 0.318. The summed E-state index contributed by atoms with van der Waals surface area (Å²) in [5.41, 5.74) is 6.17. The molecule has 0 saturated carbocycles. The average Bonchev–Trinajstić information content (AvgIpc) is 3.04. The van der Waals surface area contributed by atoms with Crippen molar-refractivity contribution in [1.82, 2.24) is 29.7 Å². The number of likely N-dealkylation sites (tertiary alicyclic amines) is 1. The van der Waals surface area contributed by atoms with Gasteiger partial charge < -0.3 is 30.4 Å². The Balaban J connectivity index is 1.50. The van der Waals surface area contributed by atoms with E-state index in [0.29, 0.717) is 24.3 Å². The minimum atomic E-state index is -0.497. The highest BCUT2D eigenvalue weighted by molar-refractivity contribution is 5.81. The number of aromatic amines is 1. The molecule has 3 heterocycles. The largest absolute Gasteiger partial charge is 0.463 e. The molecule has 0 unspecified atom stereocenters. The molecule has 1 amide bonds. The van der Waals surface area contributed by atoms with Gasteiger partial charge in [0, 0.05) is 25.7 Å². The molecule has 1 aliphatic heterocycles. The molecule has 0 radical (unpaired) electrons. The fourth-order valence-electron chi connectivity index (χ4n) is 3.84. The number of fused-ring (bicyclic) bond motifs is 1. The van der Waals surface area contributed by atoms with Crippen molar-refractivity contribution < 1.29 is 14.3 Å². The number of rotatable bonds is 9. The van der Waals surface area contributed by atoms with Crippen LogP contribution in [-0.4, -0.2) is 68.4 Å². The number of carbonyl (C=O) groups is 1. The van der Waals surface area contributed by atoms with Crippen LogP contribution in [0.1, 0.15) is 59.8 Å². The van der Waals surface area contributed by atoms with E-state index in [2.05, 4.69) is 32.1 Å². The minimum Gasteiger partial charge on any atom is -0.463 e. The first kappa shape index (κ1) is 24.8. The maximum atomic E-state index is 12.5. The first-order chi connectivity index (χ1) is 15.7. The van der Waals surface area contributed by atoms with Crippen LogP contribution in [0.2, 0.25) is 0 Å². The molecule has 4 N–H and O–H groups in total. The van der Waals surface area contributed by atoms with Gasteiger partial charge in [-0.05, 0) is 53.0 Å². The van der Waals surface area contributed by atoms with E-state index in [9.17, 15) is 9.59 Å². The van der Waals surface area contributed by atoms with Gasteiger partial charge in [-0.1, -0.05) is 13.3 Å². The molecular weight excluding hydrogens is 426 g/mol. The number of piperidine rings is 1. The molecule has 3 rings (SSSR count). The van der Waals surface area contributed by atoms with Gasteiger partial charge >= 0.3 is 17.8 Å². The summed E-state index contributed by atoms with van der Waals surface area (Å²) in [4.78, 5) is 38.1. The fraction of sp³-hybridized carbons (Fsp3) is 0.727. The molecule has 1 saturated heterocycles. The number of carbonyl (C=O) groups excluding carboxylic acids is 1. The predicted octanol–water partition coefficient (Wildman–Crippen LogP) is 2.26. The summed E-state index contributed by atoms with van der Waals surface area (Å²) < 4.78 is 12.5. The summed E-state index contributed by atoms with van der Waals surface area (Å²) in [5, 5.41) is 2.96. The molecular formula is C22H37N7O4. The van der Waals surface area contributed by atoms with E-state index in [0.717, 1.165) is 51.7 Å². The molecule has 0 aromatic carbocycles. The van der Waals surface area contributed by atoms with Crippen LogP contribution >= 0.6 is 0 Å². The van der Waals surface area contributed by atoms with Crippen LogP contribution in [0.3, 0.4) is 0 Å². The number of nitrogens with two attached hydrogens (primary N) is 1. The maximum Gasteiger partial charge on any atom is 0.407 e. The third kappa shape index (κ3) is 7.08. The number of H-pyrrole nitrogens is 1. The Morgan fingerprint density at radius 2 is 1.94 bits per heavy atom. The van der Waals surface area contributed by atoms with Gasteiger partial charge in [0.05, 0.1) is 6.61 Å². The number of anilines is 1. The molecule has 33 heavy (non-hydrogen) atoms. The molecule has 0 spiro atoms. The van der Waals surface area contributed by atoms with Gasteiger partial charge in [0.25, 0.3) is 0 Å². The molecule has 2 aromatic heterocycles. The number of aromatic nitrogens is 4. The van der Waals surface area contributed by atoms with Crippen molar-refractivity contribution in [2.24, 2.45) is 0 Å². The Kier molecular flexibility index (Phi) is 8.17. The maximum absolute atomic E-state index is 12.5. The van der Waals surface area contributed by atoms with Gasteiger partial charge in [0.2, 0.25) is 0 Å². The van der Waals surface area contributed by atoms with Crippen LogP contribution in [0.25, 0.3) is 11.2 Å². The van der Waals surface area contributed by atoms with Gasteiger partial charge in [0.15, 0.2) is 11.5 Å². The molecule has 1 aliphatic rings. The van der Waals surface area contributed by atoms with E-state index >= 15 is 0 Å². The minimum absolute atomic E-state index is 0.123. The lowest BCUT2D eigenvalue weighted by Gasteiger charge is -2.32. The predicted molar refractivity (Wildman–Crippen MR) is 126 cm³/mol. The smallest absolute Gasteiger partial charge is 0.407 e. The lowest BCUT2D eigenvalue weighted by molar-refractivity contribution is 0.0478. The molecule has 11 heteroatoms. The van der Waals surface area contributed by atoms with Gasteiger partial charge in [0.1, 0.15) is 11.1 Å². The Hall–Kier alpha value is -2.82. The van der Waals surface area contributed by atoms with Crippen LogP contribution in [0.5, 0.6) is 6.01 Å². The van der Waals surface area contributed by atoms with Crippen LogP contribution in [-0.2, 0) is 11.3 Å². The van der Waals surface area contributed by atoms with Crippen molar-refractivity contribution in [2.45, 2.75) is 78.0 Å². The van der Waals surface area contributed by atoms with E-state index in [4.69, 9.17) is 15.2 Å². The zero-order chi connectivity index (χ0) is 24.0. The topological polar surface area (TPSA) is 140 Å². The Labute approximate surface area is 194 Å². The zero-order valence-corrected chi connectivity index (χ0v) is 20.1. The molecule has 184 valence electrons. The van der Waals surface area contributed by atoms with Crippen molar-refractivity contribution >= 4 is 23.1 Å². The number of amides is 1. The number of nitrogen functional groups attached to an aromatic ring is 1. The van der Waals surface area contributed by atoms with Crippen molar-refractivity contribution in [3.8, 4) is 6.01 Å². The molecule has 0 aliphatic carbocycles. The number of imidazole rings is 1. The first-order valence-electron chi connectivity index (χ1n) is 11.8. The second-order valence-electron chi connectivity index (χ2n) is 9.49. The second kappa shape index (κ2) is 10.9. The highest BCUT2D eigenvalue weighted by Crippen LogP contribution is 2.18. The first-order valence-corrected chi connectivity index (χ1v) is 11.8. The Morgan fingerprint density at radius 3 is 2.61 bits per heavy atom. The van der Waals surface area contributed by atoms with Crippen LogP contribution in [0.15, 0.2) is 4.79 Å². The molecule has 2 aromatic rings. The quantitative estimate of drug-likeness (QED) is 0.481. The number of aryl methyl sites for hydroxylation is 1. The second-order valence-corrected chi connectivity index (χ2v) is 9.49. The highest BCUT2D eigenvalue weighted by atomic mass is 16.6. The third-order valence-corrected chi connectivity index (χ3v) is 5.52. The van der Waals surface area contributed by atoms with E-state index in [1.165, 1.54) is 0 Å². The number of unbranched alkanes of at least 4 members (excludes halogenated alkanes) is 1. The standard InChI is InChI=1S/C22H37N7O4/c1-5-6-14-32-19-26-17(23)16-18(27-19)29(20(30)25-16)11-7-10-28-12-8-15(9-13-28)24-21(31)33-22(2,3)4/h15H,5-14H2,1-4H3,(H,24,31)(H,25,30)(H2,23,26,27). The number of ether oxygens (including phenoxy) is 2. The summed E-state index contributed by atoms with van der Waals surface area (Å²) in [6.45, 7) is 11.3. The lowest BCUT2D eigenvalue weighted by atomic mass is 10.1. The fourth-order valence-corrected chi connectivity index (χ4v) is 3.84. The number of hydrogen-bond acceptors (Lipinski definition) is 8. The third-order valence-electron chi connectivity index (χ3n) is 5.52. The van der Waals surface area contributed by atoms with E-state index in [1.54, 1.807) is 4.57 Å². The number of alkyl carbamates (subject to hydrolysis) is 1. The van der Waals surface area contributed by atoms with Crippen LogP contribution in [0, 0.1) is 0 Å². The van der Waals surface area contributed by atoms with Crippen molar-refractivity contribution in [3.63, 3.8) is 0 Å². The number of nitrogens with one attached hydrogen (secondary N) is 2. The van der Waals surface area contributed by atoms with Gasteiger partial charge in [-0.2, -0.15) is 9.97 Å². The lowest BCUT2D eigenvalue weighted by Crippen LogP contribution is -2.46. The average molecular weight is 464 g/mol. The van der Waals surface area contributed by atoms with E-state index < -0.39 is 5.60 Å². The summed E-state index contributed by atoms with van der Waals surface area (Å²) >= 11 is 0. The Bertz CT molecular complexity index is 987. The molecule has 0 atom stereocenters. The summed E-state index contributed by atoms with van der Waals surface area (Å²) in [5.74, 6) is 0.210. The van der Waals surface area contributed by atoms with E-state index in [1.807, 2.05) is 20.8 Å². The summed E-state index contributed by atoms with van der Waals surface area (Å²) in [7, 11) is 0. The highest BCUT2D eigenvalue weighted by Gasteiger charge is 2.23. The van der Waals surface area contributed by atoms with Crippen molar-refractivity contribution in [3.05, 3.63) is 10.5 Å². The summed E-state index contributed by atoms with van der Waals surface area (Å²) in [6.07, 6.45) is 4.06. The molecule has 11 nitrogen and oxygen atoms in total. The van der Waals surface area contributed by atoms with Gasteiger partial charge in [-0.3, -0.25) is 4.57 Å². The van der Waals surface area contributed by atoms with Crippen LogP contribution in [0.4, 0.5) is 10.6 Å². The van der Waals surface area contributed by atoms with Gasteiger partial charge in [-0.25, -0.2) is 9.59 Å². The number of hydrogen-bond donors (Lipinski definition) is 3. The SMILES string of the molecule is CCCCOc1nc(N)c2[nH]c(=O)n(CCCN3CCC(NC(=O)OC(C)(C)C)CC3)c2n1. The van der Waals surface area contributed by atoms with Crippen molar-refractivity contribution in [2.75, 3.05) is 32.0 Å². The Morgan fingerprint density at radius 1 is 1.21 bits per heavy atom. The zero-order valence-electron chi connectivity index (χ0n) is 20.1. The van der Waals surface area contributed by atoms with Crippen LogP contribution < -0.4 is 21.5 Å². The normalized spacial score (nSPS) is 15.6.